The number of carbonyl (C=O) groups excluding carboxylic acids is 1. The van der Waals surface area contributed by atoms with Crippen LogP contribution >= 0.6 is 0 Å². The molecule has 0 unspecified atom stereocenters. The number of nitrogens with one attached hydrogen (secondary N) is 2. The van der Waals surface area contributed by atoms with Crippen LogP contribution < -0.4 is 15.5 Å². The molecule has 0 aliphatic carbocycles. The van der Waals surface area contributed by atoms with E-state index in [1.165, 1.54) is 19.1 Å². The first-order chi connectivity index (χ1) is 12.8. The fraction of sp³-hybridized carbons (Fsp3) is 0.118. The molecular weight excluding hydrogens is 365 g/mol. The third-order valence-corrected chi connectivity index (χ3v) is 3.13. The van der Waals surface area contributed by atoms with Crippen molar-refractivity contribution in [3.8, 4) is 5.75 Å². The Bertz CT molecular complexity index is 835. The van der Waals surface area contributed by atoms with E-state index in [1.54, 1.807) is 30.3 Å². The molecule has 0 atom stereocenters. The van der Waals surface area contributed by atoms with Crippen molar-refractivity contribution in [3.63, 3.8) is 0 Å². The molecule has 0 saturated heterocycles. The summed E-state index contributed by atoms with van der Waals surface area (Å²) >= 11 is 0. The van der Waals surface area contributed by atoms with Gasteiger partial charge >= 0.3 is 6.36 Å². The van der Waals surface area contributed by atoms with E-state index in [9.17, 15) is 18.0 Å². The van der Waals surface area contributed by atoms with Crippen LogP contribution in [0.1, 0.15) is 6.92 Å². The third-order valence-electron chi connectivity index (χ3n) is 3.13. The van der Waals surface area contributed by atoms with Crippen molar-refractivity contribution < 1.29 is 27.9 Å². The number of halogens is 3. The zero-order valence-electron chi connectivity index (χ0n) is 14.0. The number of hydrogen-bond acceptors (Lipinski definition) is 6. The number of amides is 1. The molecule has 2 aromatic carbocycles. The average molecular weight is 380 g/mol. The average Bonchev–Trinajstić information content (AvgIpc) is 2.61. The molecule has 0 aliphatic rings. The number of alkyl halides is 3. The molecule has 0 aromatic heterocycles. The highest BCUT2D eigenvalue weighted by Gasteiger charge is 2.30. The molecule has 7 nitrogen and oxygen atoms in total. The van der Waals surface area contributed by atoms with Crippen LogP contribution in [-0.4, -0.2) is 28.9 Å². The largest absolute Gasteiger partial charge is 0.573 e. The molecule has 10 heteroatoms. The molecule has 0 saturated carbocycles. The number of hydrogen-bond donors (Lipinski definition) is 3. The van der Waals surface area contributed by atoms with Crippen molar-refractivity contribution in [1.29, 1.82) is 0 Å². The minimum Gasteiger partial charge on any atom is -0.410 e. The highest BCUT2D eigenvalue weighted by molar-refractivity contribution is 6.68. The second kappa shape index (κ2) is 8.70. The maximum atomic E-state index is 12.1. The number of benzene rings is 2. The van der Waals surface area contributed by atoms with Crippen molar-refractivity contribution in [1.82, 2.24) is 0 Å². The van der Waals surface area contributed by atoms with Crippen LogP contribution in [0.3, 0.4) is 0 Å². The number of nitrogens with zero attached hydrogens (tertiary/aromatic N) is 2. The Hall–Kier alpha value is -3.56. The normalized spacial score (nSPS) is 12.4. The zero-order chi connectivity index (χ0) is 19.9. The van der Waals surface area contributed by atoms with Gasteiger partial charge in [-0.15, -0.1) is 13.2 Å². The maximum absolute atomic E-state index is 12.1. The predicted molar refractivity (Wildman–Crippen MR) is 94.1 cm³/mol. The summed E-state index contributed by atoms with van der Waals surface area (Å²) in [7, 11) is 0. The van der Waals surface area contributed by atoms with E-state index in [0.717, 1.165) is 12.1 Å². The topological polar surface area (TPSA) is 95.3 Å². The SMILES string of the molecule is CC(=NNc1ccc(OC(F)(F)F)cc1)C(=NO)C(=O)Nc1ccccc1. The standard InChI is InChI=1S/C17H15F3N4O3/c1-11(15(24-26)16(25)21-12-5-3-2-4-6-12)22-23-13-7-9-14(10-8-13)27-17(18,19)20/h2-10,23,26H,1H3,(H,21,25). The van der Waals surface area contributed by atoms with E-state index < -0.39 is 12.3 Å². The first-order valence-electron chi connectivity index (χ1n) is 7.53. The highest BCUT2D eigenvalue weighted by Crippen LogP contribution is 2.23. The van der Waals surface area contributed by atoms with Crippen LogP contribution in [0.15, 0.2) is 64.9 Å². The zero-order valence-corrected chi connectivity index (χ0v) is 14.0. The van der Waals surface area contributed by atoms with Gasteiger partial charge in [-0.25, -0.2) is 0 Å². The molecule has 0 heterocycles. The number of para-hydroxylation sites is 1. The van der Waals surface area contributed by atoms with Gasteiger partial charge in [-0.2, -0.15) is 5.10 Å². The van der Waals surface area contributed by atoms with Crippen molar-refractivity contribution in [3.05, 3.63) is 54.6 Å². The smallest absolute Gasteiger partial charge is 0.410 e. The van der Waals surface area contributed by atoms with E-state index in [0.29, 0.717) is 11.4 Å². The molecule has 142 valence electrons. The van der Waals surface area contributed by atoms with Crippen LogP contribution in [0.4, 0.5) is 24.5 Å². The van der Waals surface area contributed by atoms with Gasteiger partial charge in [-0.05, 0) is 43.3 Å². The molecular formula is C17H15F3N4O3. The van der Waals surface area contributed by atoms with E-state index in [4.69, 9.17) is 5.21 Å². The Morgan fingerprint density at radius 1 is 1.04 bits per heavy atom. The van der Waals surface area contributed by atoms with Crippen LogP contribution in [0.5, 0.6) is 5.75 Å². The van der Waals surface area contributed by atoms with Crippen molar-refractivity contribution in [2.24, 2.45) is 10.3 Å². The summed E-state index contributed by atoms with van der Waals surface area (Å²) in [5.41, 5.74) is 3.12. The molecule has 27 heavy (non-hydrogen) atoms. The fourth-order valence-corrected chi connectivity index (χ4v) is 1.93. The summed E-state index contributed by atoms with van der Waals surface area (Å²) in [6.45, 7) is 1.42. The lowest BCUT2D eigenvalue weighted by Gasteiger charge is -2.09. The first kappa shape index (κ1) is 19.8. The first-order valence-corrected chi connectivity index (χ1v) is 7.53. The molecule has 0 radical (unpaired) electrons. The summed E-state index contributed by atoms with van der Waals surface area (Å²) in [6, 6.07) is 13.3. The highest BCUT2D eigenvalue weighted by atomic mass is 19.4. The van der Waals surface area contributed by atoms with Gasteiger partial charge in [-0.3, -0.25) is 10.2 Å². The summed E-state index contributed by atoms with van der Waals surface area (Å²) in [4.78, 5) is 12.1. The molecule has 0 fully saturated rings. The van der Waals surface area contributed by atoms with Gasteiger partial charge in [0, 0.05) is 5.69 Å². The Labute approximate surface area is 152 Å². The maximum Gasteiger partial charge on any atom is 0.573 e. The van der Waals surface area contributed by atoms with Crippen LogP contribution in [-0.2, 0) is 4.79 Å². The summed E-state index contributed by atoms with van der Waals surface area (Å²) in [5.74, 6) is -1.06. The minimum absolute atomic E-state index is 0.0570. The quantitative estimate of drug-likeness (QED) is 0.403. The number of carbonyl (C=O) groups is 1. The Kier molecular flexibility index (Phi) is 6.36. The minimum atomic E-state index is -4.78. The number of ether oxygens (including phenoxy) is 1. The monoisotopic (exact) mass is 380 g/mol. The summed E-state index contributed by atoms with van der Waals surface area (Å²) in [5, 5.41) is 18.4. The van der Waals surface area contributed by atoms with Gasteiger partial charge in [0.25, 0.3) is 5.91 Å². The Morgan fingerprint density at radius 2 is 1.67 bits per heavy atom. The summed E-state index contributed by atoms with van der Waals surface area (Å²) in [6.07, 6.45) is -4.78. The number of hydrazone groups is 1. The van der Waals surface area contributed by atoms with Gasteiger partial charge in [-0.1, -0.05) is 23.4 Å². The Morgan fingerprint density at radius 3 is 2.22 bits per heavy atom. The molecule has 1 amide bonds. The van der Waals surface area contributed by atoms with Crippen LogP contribution in [0, 0.1) is 0 Å². The van der Waals surface area contributed by atoms with Crippen molar-refractivity contribution in [2.45, 2.75) is 13.3 Å². The van der Waals surface area contributed by atoms with E-state index >= 15 is 0 Å². The Balaban J connectivity index is 2.01. The van der Waals surface area contributed by atoms with Gasteiger partial charge in [0.2, 0.25) is 0 Å². The molecule has 2 rings (SSSR count). The van der Waals surface area contributed by atoms with Crippen molar-refractivity contribution in [2.75, 3.05) is 10.7 Å². The molecule has 0 spiro atoms. The number of anilines is 2. The molecule has 0 bridgehead atoms. The molecule has 0 aliphatic heterocycles. The molecule has 3 N–H and O–H groups in total. The number of oxime groups is 1. The summed E-state index contributed by atoms with van der Waals surface area (Å²) < 4.78 is 40.1. The lowest BCUT2D eigenvalue weighted by atomic mass is 10.2. The lowest BCUT2D eigenvalue weighted by Crippen LogP contribution is -2.29. The lowest BCUT2D eigenvalue weighted by molar-refractivity contribution is -0.274. The van der Waals surface area contributed by atoms with Gasteiger partial charge < -0.3 is 15.3 Å². The van der Waals surface area contributed by atoms with E-state index in [-0.39, 0.29) is 17.2 Å². The third kappa shape index (κ3) is 6.34. The predicted octanol–water partition coefficient (Wildman–Crippen LogP) is 3.84. The second-order valence-corrected chi connectivity index (χ2v) is 5.15. The van der Waals surface area contributed by atoms with Crippen LogP contribution in [0.25, 0.3) is 0 Å². The van der Waals surface area contributed by atoms with Crippen molar-refractivity contribution >= 4 is 28.7 Å². The van der Waals surface area contributed by atoms with E-state index in [2.05, 4.69) is 25.7 Å². The van der Waals surface area contributed by atoms with Gasteiger partial charge in [0.15, 0.2) is 5.71 Å². The number of rotatable bonds is 6. The molecule has 2 aromatic rings. The van der Waals surface area contributed by atoms with Gasteiger partial charge in [0.05, 0.1) is 11.4 Å². The second-order valence-electron chi connectivity index (χ2n) is 5.15. The fourth-order valence-electron chi connectivity index (χ4n) is 1.93. The van der Waals surface area contributed by atoms with Gasteiger partial charge in [0.1, 0.15) is 5.75 Å². The van der Waals surface area contributed by atoms with E-state index in [1.807, 2.05) is 0 Å². The van der Waals surface area contributed by atoms with Crippen LogP contribution in [0.2, 0.25) is 0 Å².